The van der Waals surface area contributed by atoms with Crippen LogP contribution in [0.1, 0.15) is 11.6 Å². The molecule has 0 aromatic heterocycles. The van der Waals surface area contributed by atoms with Crippen LogP contribution in [0, 0.1) is 5.82 Å². The first-order valence-electron chi connectivity index (χ1n) is 6.92. The summed E-state index contributed by atoms with van der Waals surface area (Å²) in [7, 11) is 0. The first-order chi connectivity index (χ1) is 11.4. The van der Waals surface area contributed by atoms with E-state index in [1.165, 1.54) is 12.1 Å². The normalized spacial score (nSPS) is 11.7. The molecule has 2 rings (SSSR count). The number of nitrogens with one attached hydrogen (secondary N) is 2. The zero-order valence-electron chi connectivity index (χ0n) is 12.4. The van der Waals surface area contributed by atoms with Crippen LogP contribution in [0.3, 0.4) is 0 Å². The number of halogens is 3. The zero-order valence-corrected chi connectivity index (χ0v) is 13.9. The van der Waals surface area contributed by atoms with Gasteiger partial charge in [-0.3, -0.25) is 9.59 Å². The fourth-order valence-corrected chi connectivity index (χ4v) is 2.12. The van der Waals surface area contributed by atoms with E-state index in [0.717, 1.165) is 11.6 Å². The molecule has 0 saturated carbocycles. The van der Waals surface area contributed by atoms with Gasteiger partial charge in [-0.1, -0.05) is 35.3 Å². The lowest BCUT2D eigenvalue weighted by molar-refractivity contribution is -0.136. The smallest absolute Gasteiger partial charge is 0.313 e. The zero-order chi connectivity index (χ0) is 17.7. The van der Waals surface area contributed by atoms with Crippen LogP contribution in [0.25, 0.3) is 0 Å². The standard InChI is InChI=1S/C16H14Cl2FN3O2/c17-10-3-1-9(2-4-10)14(20)8-21-15(23)16(24)22-11-5-6-12(18)13(19)7-11/h1-7,14H,8,20H2,(H,21,23)(H,22,24). The molecule has 4 N–H and O–H groups in total. The molecule has 24 heavy (non-hydrogen) atoms. The van der Waals surface area contributed by atoms with Crippen molar-refractivity contribution in [1.29, 1.82) is 0 Å². The third kappa shape index (κ3) is 4.92. The number of amides is 2. The van der Waals surface area contributed by atoms with E-state index in [-0.39, 0.29) is 17.3 Å². The van der Waals surface area contributed by atoms with E-state index in [2.05, 4.69) is 10.6 Å². The van der Waals surface area contributed by atoms with Gasteiger partial charge in [-0.05, 0) is 35.9 Å². The number of anilines is 1. The second-order valence-corrected chi connectivity index (χ2v) is 5.79. The Morgan fingerprint density at radius 3 is 2.38 bits per heavy atom. The summed E-state index contributed by atoms with van der Waals surface area (Å²) in [5.41, 5.74) is 6.82. The lowest BCUT2D eigenvalue weighted by Gasteiger charge is -2.13. The largest absolute Gasteiger partial charge is 0.346 e. The summed E-state index contributed by atoms with van der Waals surface area (Å²) in [5.74, 6) is -2.51. The molecule has 1 atom stereocenters. The topological polar surface area (TPSA) is 84.2 Å². The Morgan fingerprint density at radius 2 is 1.75 bits per heavy atom. The maximum absolute atomic E-state index is 13.3. The highest BCUT2D eigenvalue weighted by Crippen LogP contribution is 2.18. The monoisotopic (exact) mass is 369 g/mol. The Labute approximate surface area is 147 Å². The van der Waals surface area contributed by atoms with Crippen molar-refractivity contribution in [2.45, 2.75) is 6.04 Å². The van der Waals surface area contributed by atoms with E-state index >= 15 is 0 Å². The number of nitrogens with two attached hydrogens (primary N) is 1. The van der Waals surface area contributed by atoms with E-state index in [4.69, 9.17) is 28.9 Å². The Balaban J connectivity index is 1.88. The number of rotatable bonds is 4. The average Bonchev–Trinajstić information content (AvgIpc) is 2.56. The van der Waals surface area contributed by atoms with Gasteiger partial charge in [0.05, 0.1) is 5.02 Å². The van der Waals surface area contributed by atoms with Crippen LogP contribution in [0.4, 0.5) is 10.1 Å². The molecule has 5 nitrogen and oxygen atoms in total. The van der Waals surface area contributed by atoms with Crippen molar-refractivity contribution < 1.29 is 14.0 Å². The molecule has 0 aliphatic rings. The van der Waals surface area contributed by atoms with E-state index in [1.807, 2.05) is 0 Å². The minimum absolute atomic E-state index is 0.0584. The summed E-state index contributed by atoms with van der Waals surface area (Å²) >= 11 is 11.3. The first kappa shape index (κ1) is 18.2. The van der Waals surface area contributed by atoms with Crippen LogP contribution in [-0.4, -0.2) is 18.4 Å². The highest BCUT2D eigenvalue weighted by atomic mass is 35.5. The SMILES string of the molecule is NC(CNC(=O)C(=O)Nc1ccc(Cl)c(F)c1)c1ccc(Cl)cc1. The summed E-state index contributed by atoms with van der Waals surface area (Å²) in [6.45, 7) is 0.0584. The summed E-state index contributed by atoms with van der Waals surface area (Å²) in [6, 6.07) is 10.0. The third-order valence-electron chi connectivity index (χ3n) is 3.16. The van der Waals surface area contributed by atoms with Crippen LogP contribution in [0.5, 0.6) is 0 Å². The number of hydrogen-bond acceptors (Lipinski definition) is 3. The molecule has 0 bridgehead atoms. The minimum atomic E-state index is -0.931. The average molecular weight is 370 g/mol. The molecule has 0 aliphatic carbocycles. The lowest BCUT2D eigenvalue weighted by Crippen LogP contribution is -2.39. The van der Waals surface area contributed by atoms with Gasteiger partial charge in [-0.25, -0.2) is 4.39 Å². The first-order valence-corrected chi connectivity index (χ1v) is 7.67. The second-order valence-electron chi connectivity index (χ2n) is 4.95. The summed E-state index contributed by atoms with van der Waals surface area (Å²) in [4.78, 5) is 23.5. The van der Waals surface area contributed by atoms with Gasteiger partial charge < -0.3 is 16.4 Å². The van der Waals surface area contributed by atoms with Crippen molar-refractivity contribution in [3.05, 3.63) is 63.9 Å². The summed E-state index contributed by atoms with van der Waals surface area (Å²) in [6.07, 6.45) is 0. The van der Waals surface area contributed by atoms with Crippen LogP contribution in [0.15, 0.2) is 42.5 Å². The Kier molecular flexibility index (Phi) is 6.14. The molecule has 1 unspecified atom stereocenters. The maximum Gasteiger partial charge on any atom is 0.313 e. The van der Waals surface area contributed by atoms with Gasteiger partial charge in [0.2, 0.25) is 0 Å². The van der Waals surface area contributed by atoms with Crippen molar-refractivity contribution in [2.24, 2.45) is 5.73 Å². The molecule has 0 spiro atoms. The fraction of sp³-hybridized carbons (Fsp3) is 0.125. The van der Waals surface area contributed by atoms with Gasteiger partial charge in [0, 0.05) is 23.3 Å². The molecule has 0 heterocycles. The van der Waals surface area contributed by atoms with Crippen molar-refractivity contribution in [1.82, 2.24) is 5.32 Å². The number of benzene rings is 2. The molecule has 0 radical (unpaired) electrons. The molecule has 8 heteroatoms. The Hall–Kier alpha value is -2.15. The van der Waals surface area contributed by atoms with Crippen molar-refractivity contribution in [2.75, 3.05) is 11.9 Å². The van der Waals surface area contributed by atoms with Crippen LogP contribution < -0.4 is 16.4 Å². The molecule has 0 saturated heterocycles. The second kappa shape index (κ2) is 8.10. The Bertz CT molecular complexity index is 753. The van der Waals surface area contributed by atoms with Gasteiger partial charge in [0.25, 0.3) is 0 Å². The van der Waals surface area contributed by atoms with Crippen molar-refractivity contribution in [3.8, 4) is 0 Å². The van der Waals surface area contributed by atoms with Gasteiger partial charge in [0.1, 0.15) is 5.82 Å². The number of carbonyl (C=O) groups excluding carboxylic acids is 2. The minimum Gasteiger partial charge on any atom is -0.346 e. The van der Waals surface area contributed by atoms with E-state index in [1.54, 1.807) is 24.3 Å². The van der Waals surface area contributed by atoms with Crippen LogP contribution >= 0.6 is 23.2 Å². The van der Waals surface area contributed by atoms with Gasteiger partial charge in [-0.15, -0.1) is 0 Å². The summed E-state index contributed by atoms with van der Waals surface area (Å²) < 4.78 is 13.3. The Morgan fingerprint density at radius 1 is 1.08 bits per heavy atom. The van der Waals surface area contributed by atoms with Crippen LogP contribution in [0.2, 0.25) is 10.0 Å². The number of hydrogen-bond donors (Lipinski definition) is 3. The molecule has 2 aromatic carbocycles. The fourth-order valence-electron chi connectivity index (χ4n) is 1.87. The van der Waals surface area contributed by atoms with Gasteiger partial charge in [-0.2, -0.15) is 0 Å². The predicted molar refractivity (Wildman–Crippen MR) is 91.4 cm³/mol. The van der Waals surface area contributed by atoms with Crippen molar-refractivity contribution in [3.63, 3.8) is 0 Å². The maximum atomic E-state index is 13.3. The lowest BCUT2D eigenvalue weighted by atomic mass is 10.1. The van der Waals surface area contributed by atoms with Crippen LogP contribution in [-0.2, 0) is 9.59 Å². The molecular formula is C16H14Cl2FN3O2. The molecule has 2 amide bonds. The number of carbonyl (C=O) groups is 2. The molecule has 126 valence electrons. The molecule has 2 aromatic rings. The van der Waals surface area contributed by atoms with Gasteiger partial charge >= 0.3 is 11.8 Å². The van der Waals surface area contributed by atoms with E-state index < -0.39 is 23.7 Å². The molecular weight excluding hydrogens is 356 g/mol. The highest BCUT2D eigenvalue weighted by molar-refractivity contribution is 6.39. The molecule has 0 fully saturated rings. The summed E-state index contributed by atoms with van der Waals surface area (Å²) in [5, 5.41) is 5.18. The highest BCUT2D eigenvalue weighted by Gasteiger charge is 2.16. The quantitative estimate of drug-likeness (QED) is 0.724. The van der Waals surface area contributed by atoms with E-state index in [0.29, 0.717) is 5.02 Å². The van der Waals surface area contributed by atoms with Crippen molar-refractivity contribution >= 4 is 40.7 Å². The van der Waals surface area contributed by atoms with E-state index in [9.17, 15) is 14.0 Å². The molecule has 0 aliphatic heterocycles. The third-order valence-corrected chi connectivity index (χ3v) is 3.72. The van der Waals surface area contributed by atoms with Gasteiger partial charge in [0.15, 0.2) is 0 Å². The predicted octanol–water partition coefficient (Wildman–Crippen LogP) is 2.89.